The second-order valence-corrected chi connectivity index (χ2v) is 6.58. The Bertz CT molecular complexity index is 340. The van der Waals surface area contributed by atoms with Crippen LogP contribution in [0.5, 0.6) is 0 Å². The Morgan fingerprint density at radius 3 is 2.67 bits per heavy atom. The third-order valence-electron chi connectivity index (χ3n) is 4.09. The molecule has 1 aliphatic heterocycles. The zero-order chi connectivity index (χ0) is 13.0. The van der Waals surface area contributed by atoms with Crippen LogP contribution in [0.2, 0.25) is 0 Å². The van der Waals surface area contributed by atoms with Crippen molar-refractivity contribution in [1.29, 1.82) is 0 Å². The summed E-state index contributed by atoms with van der Waals surface area (Å²) in [6.07, 6.45) is 2.32. The van der Waals surface area contributed by atoms with Gasteiger partial charge >= 0.3 is 0 Å². The Hall–Kier alpha value is -0.420. The lowest BCUT2D eigenvalue weighted by molar-refractivity contribution is 0.113. The number of piperidine rings is 1. The molecule has 3 nitrogen and oxygen atoms in total. The molecule has 1 fully saturated rings. The van der Waals surface area contributed by atoms with Crippen LogP contribution in [0.1, 0.15) is 31.6 Å². The third kappa shape index (κ3) is 3.32. The van der Waals surface area contributed by atoms with E-state index in [1.807, 2.05) is 11.3 Å². The van der Waals surface area contributed by atoms with Gasteiger partial charge in [0, 0.05) is 42.6 Å². The highest BCUT2D eigenvalue weighted by molar-refractivity contribution is 7.09. The molecule has 18 heavy (non-hydrogen) atoms. The quantitative estimate of drug-likeness (QED) is 0.858. The van der Waals surface area contributed by atoms with Crippen LogP contribution >= 0.6 is 11.3 Å². The molecule has 2 rings (SSSR count). The first-order valence-corrected chi connectivity index (χ1v) is 7.75. The van der Waals surface area contributed by atoms with Crippen LogP contribution in [-0.2, 0) is 6.54 Å². The summed E-state index contributed by atoms with van der Waals surface area (Å²) in [5, 5.41) is 5.84. The van der Waals surface area contributed by atoms with Gasteiger partial charge in [0.05, 0.1) is 0 Å². The van der Waals surface area contributed by atoms with Gasteiger partial charge in [-0.15, -0.1) is 11.3 Å². The number of rotatable bonds is 5. The molecule has 0 bridgehead atoms. The summed E-state index contributed by atoms with van der Waals surface area (Å²) in [6, 6.07) is 4.95. The Morgan fingerprint density at radius 1 is 1.44 bits per heavy atom. The molecule has 0 unspecified atom stereocenters. The second-order valence-electron chi connectivity index (χ2n) is 5.55. The standard InChI is InChI=1S/C14H25N3S/c1-12(2)17-7-5-14(11-15,6-8-17)16-10-13-4-3-9-18-13/h3-4,9,12,16H,5-8,10-11,15H2,1-2H3. The number of nitrogens with one attached hydrogen (secondary N) is 1. The monoisotopic (exact) mass is 267 g/mol. The van der Waals surface area contributed by atoms with Gasteiger partial charge in [0.2, 0.25) is 0 Å². The van der Waals surface area contributed by atoms with Crippen LogP contribution in [0, 0.1) is 0 Å². The third-order valence-corrected chi connectivity index (χ3v) is 4.97. The minimum Gasteiger partial charge on any atom is -0.329 e. The minimum atomic E-state index is 0.148. The van der Waals surface area contributed by atoms with Crippen molar-refractivity contribution in [2.75, 3.05) is 19.6 Å². The van der Waals surface area contributed by atoms with Crippen molar-refractivity contribution in [3.63, 3.8) is 0 Å². The second kappa shape index (κ2) is 6.15. The summed E-state index contributed by atoms with van der Waals surface area (Å²) in [4.78, 5) is 3.94. The summed E-state index contributed by atoms with van der Waals surface area (Å²) in [7, 11) is 0. The topological polar surface area (TPSA) is 41.3 Å². The largest absolute Gasteiger partial charge is 0.329 e. The van der Waals surface area contributed by atoms with Gasteiger partial charge < -0.3 is 16.0 Å². The van der Waals surface area contributed by atoms with Crippen LogP contribution in [0.15, 0.2) is 17.5 Å². The summed E-state index contributed by atoms with van der Waals surface area (Å²) >= 11 is 1.81. The van der Waals surface area contributed by atoms with E-state index >= 15 is 0 Å². The summed E-state index contributed by atoms with van der Waals surface area (Å²) in [5.74, 6) is 0. The Morgan fingerprint density at radius 2 is 2.17 bits per heavy atom. The van der Waals surface area contributed by atoms with Crippen molar-refractivity contribution in [1.82, 2.24) is 10.2 Å². The minimum absolute atomic E-state index is 0.148. The molecule has 0 aromatic carbocycles. The fourth-order valence-corrected chi connectivity index (χ4v) is 3.25. The molecule has 0 spiro atoms. The van der Waals surface area contributed by atoms with E-state index < -0.39 is 0 Å². The Labute approximate surface area is 114 Å². The van der Waals surface area contributed by atoms with Crippen molar-refractivity contribution >= 4 is 11.3 Å². The molecule has 0 atom stereocenters. The fourth-order valence-electron chi connectivity index (χ4n) is 2.61. The molecule has 1 aromatic heterocycles. The highest BCUT2D eigenvalue weighted by Gasteiger charge is 2.33. The summed E-state index contributed by atoms with van der Waals surface area (Å²) in [6.45, 7) is 8.56. The number of hydrogen-bond acceptors (Lipinski definition) is 4. The first-order valence-electron chi connectivity index (χ1n) is 6.87. The molecule has 1 aromatic rings. The lowest BCUT2D eigenvalue weighted by Crippen LogP contribution is -2.58. The van der Waals surface area contributed by atoms with Crippen molar-refractivity contribution in [2.24, 2.45) is 5.73 Å². The van der Waals surface area contributed by atoms with Gasteiger partial charge in [-0.05, 0) is 38.1 Å². The molecule has 102 valence electrons. The van der Waals surface area contributed by atoms with E-state index in [4.69, 9.17) is 5.73 Å². The average Bonchev–Trinajstić information content (AvgIpc) is 2.90. The predicted molar refractivity (Wildman–Crippen MR) is 78.9 cm³/mol. The zero-order valence-corrected chi connectivity index (χ0v) is 12.3. The summed E-state index contributed by atoms with van der Waals surface area (Å²) < 4.78 is 0. The Kier molecular flexibility index (Phi) is 4.78. The SMILES string of the molecule is CC(C)N1CCC(CN)(NCc2cccs2)CC1. The van der Waals surface area contributed by atoms with Crippen molar-refractivity contribution in [3.05, 3.63) is 22.4 Å². The maximum atomic E-state index is 6.02. The predicted octanol–water partition coefficient (Wildman–Crippen LogP) is 2.04. The van der Waals surface area contributed by atoms with E-state index in [1.165, 1.54) is 4.88 Å². The highest BCUT2D eigenvalue weighted by atomic mass is 32.1. The van der Waals surface area contributed by atoms with E-state index in [9.17, 15) is 0 Å². The van der Waals surface area contributed by atoms with Gasteiger partial charge in [0.1, 0.15) is 0 Å². The van der Waals surface area contributed by atoms with E-state index in [2.05, 4.69) is 41.6 Å². The fraction of sp³-hybridized carbons (Fsp3) is 0.714. The van der Waals surface area contributed by atoms with E-state index in [-0.39, 0.29) is 5.54 Å². The molecule has 0 radical (unpaired) electrons. The molecule has 0 aliphatic carbocycles. The number of hydrogen-bond donors (Lipinski definition) is 2. The number of thiophene rings is 1. The molecule has 1 saturated heterocycles. The number of nitrogens with zero attached hydrogens (tertiary/aromatic N) is 1. The first kappa shape index (κ1) is 14.0. The summed E-state index contributed by atoms with van der Waals surface area (Å²) in [5.41, 5.74) is 6.17. The van der Waals surface area contributed by atoms with Crippen molar-refractivity contribution < 1.29 is 0 Å². The average molecular weight is 267 g/mol. The van der Waals surface area contributed by atoms with E-state index in [0.717, 1.165) is 39.0 Å². The van der Waals surface area contributed by atoms with Crippen LogP contribution in [0.3, 0.4) is 0 Å². The number of likely N-dealkylation sites (tertiary alicyclic amines) is 1. The maximum absolute atomic E-state index is 6.02. The molecule has 1 aliphatic rings. The van der Waals surface area contributed by atoms with Crippen LogP contribution in [-0.4, -0.2) is 36.1 Å². The molecular weight excluding hydrogens is 242 g/mol. The lowest BCUT2D eigenvalue weighted by atomic mass is 9.87. The normalized spacial score (nSPS) is 20.4. The van der Waals surface area contributed by atoms with Crippen molar-refractivity contribution in [2.45, 2.75) is 44.8 Å². The van der Waals surface area contributed by atoms with Crippen LogP contribution in [0.25, 0.3) is 0 Å². The molecular formula is C14H25N3S. The van der Waals surface area contributed by atoms with E-state index in [1.54, 1.807) is 0 Å². The van der Waals surface area contributed by atoms with Gasteiger partial charge in [-0.1, -0.05) is 6.07 Å². The lowest BCUT2D eigenvalue weighted by Gasteiger charge is -2.43. The van der Waals surface area contributed by atoms with E-state index in [0.29, 0.717) is 6.04 Å². The zero-order valence-electron chi connectivity index (χ0n) is 11.5. The van der Waals surface area contributed by atoms with Gasteiger partial charge in [0.25, 0.3) is 0 Å². The van der Waals surface area contributed by atoms with Gasteiger partial charge in [-0.2, -0.15) is 0 Å². The van der Waals surface area contributed by atoms with Crippen LogP contribution in [0.4, 0.5) is 0 Å². The smallest absolute Gasteiger partial charge is 0.0331 e. The molecule has 2 heterocycles. The molecule has 4 heteroatoms. The highest BCUT2D eigenvalue weighted by Crippen LogP contribution is 2.23. The van der Waals surface area contributed by atoms with Gasteiger partial charge in [-0.3, -0.25) is 0 Å². The maximum Gasteiger partial charge on any atom is 0.0331 e. The first-order chi connectivity index (χ1) is 8.65. The molecule has 0 saturated carbocycles. The molecule has 3 N–H and O–H groups in total. The molecule has 0 amide bonds. The van der Waals surface area contributed by atoms with Crippen LogP contribution < -0.4 is 11.1 Å². The van der Waals surface area contributed by atoms with Gasteiger partial charge in [-0.25, -0.2) is 0 Å². The van der Waals surface area contributed by atoms with Gasteiger partial charge in [0.15, 0.2) is 0 Å². The Balaban J connectivity index is 1.88. The number of nitrogens with two attached hydrogens (primary N) is 1. The van der Waals surface area contributed by atoms with Crippen molar-refractivity contribution in [3.8, 4) is 0 Å².